The Bertz CT molecular complexity index is 517. The average Bonchev–Trinajstić information content (AvgIpc) is 2.74. The second-order valence-electron chi connectivity index (χ2n) is 4.23. The van der Waals surface area contributed by atoms with Crippen molar-refractivity contribution in [1.82, 2.24) is 10.3 Å². The molecule has 2 heterocycles. The summed E-state index contributed by atoms with van der Waals surface area (Å²) in [4.78, 5) is 4.43. The Morgan fingerprint density at radius 3 is 3.18 bits per heavy atom. The fourth-order valence-corrected chi connectivity index (χ4v) is 2.07. The topological polar surface area (TPSA) is 73.3 Å². The van der Waals surface area contributed by atoms with Gasteiger partial charge in [-0.3, -0.25) is 0 Å². The molecule has 1 saturated heterocycles. The molecule has 0 amide bonds. The Kier molecular flexibility index (Phi) is 2.70. The van der Waals surface area contributed by atoms with Crippen molar-refractivity contribution >= 4 is 16.8 Å². The number of benzene rings is 1. The van der Waals surface area contributed by atoms with Crippen molar-refractivity contribution in [3.8, 4) is 0 Å². The van der Waals surface area contributed by atoms with Crippen molar-refractivity contribution in [1.29, 1.82) is 0 Å². The van der Waals surface area contributed by atoms with Gasteiger partial charge in [0, 0.05) is 19.0 Å². The molecular weight excluding hydrogens is 218 g/mol. The summed E-state index contributed by atoms with van der Waals surface area (Å²) in [6, 6.07) is 5.88. The molecule has 17 heavy (non-hydrogen) atoms. The summed E-state index contributed by atoms with van der Waals surface area (Å²) in [6.45, 7) is 2.36. The van der Waals surface area contributed by atoms with Gasteiger partial charge in [0.05, 0.1) is 18.9 Å². The molecule has 0 saturated carbocycles. The summed E-state index contributed by atoms with van der Waals surface area (Å²) >= 11 is 0. The number of hydrogen-bond acceptors (Lipinski definition) is 5. The second kappa shape index (κ2) is 4.35. The summed E-state index contributed by atoms with van der Waals surface area (Å²) in [5, 5.41) is 3.37. The zero-order valence-corrected chi connectivity index (χ0v) is 9.48. The largest absolute Gasteiger partial charge is 0.438 e. The van der Waals surface area contributed by atoms with Crippen LogP contribution >= 0.6 is 0 Å². The lowest BCUT2D eigenvalue weighted by molar-refractivity contribution is 0.0751. The van der Waals surface area contributed by atoms with Crippen molar-refractivity contribution in [2.24, 2.45) is 0 Å². The lowest BCUT2D eigenvalue weighted by atomic mass is 10.2. The number of hydrogen-bond donors (Lipinski definition) is 2. The number of fused-ring (bicyclic) bond motifs is 1. The summed E-state index contributed by atoms with van der Waals surface area (Å²) in [5.41, 5.74) is 7.96. The summed E-state index contributed by atoms with van der Waals surface area (Å²) in [7, 11) is 0. The van der Waals surface area contributed by atoms with Gasteiger partial charge in [0.25, 0.3) is 0 Å². The van der Waals surface area contributed by atoms with Crippen LogP contribution in [-0.2, 0) is 11.2 Å². The number of nitrogens with zero attached hydrogens (tertiary/aromatic N) is 1. The Balaban J connectivity index is 1.83. The monoisotopic (exact) mass is 233 g/mol. The van der Waals surface area contributed by atoms with Crippen LogP contribution in [0.25, 0.3) is 11.1 Å². The molecule has 1 aliphatic rings. The number of nitrogen functional groups attached to an aromatic ring is 1. The van der Waals surface area contributed by atoms with Gasteiger partial charge < -0.3 is 20.2 Å². The van der Waals surface area contributed by atoms with Crippen molar-refractivity contribution in [2.45, 2.75) is 12.5 Å². The number of ether oxygens (including phenoxy) is 1. The minimum Gasteiger partial charge on any atom is -0.438 e. The number of nitrogens with one attached hydrogen (secondary N) is 1. The van der Waals surface area contributed by atoms with Gasteiger partial charge in [-0.05, 0) is 12.1 Å². The van der Waals surface area contributed by atoms with Crippen molar-refractivity contribution in [3.63, 3.8) is 0 Å². The first-order valence-electron chi connectivity index (χ1n) is 5.78. The van der Waals surface area contributed by atoms with Gasteiger partial charge >= 0.3 is 0 Å². The Hall–Kier alpha value is -1.59. The predicted octanol–water partition coefficient (Wildman–Crippen LogP) is 0.941. The van der Waals surface area contributed by atoms with E-state index in [-0.39, 0.29) is 6.04 Å². The van der Waals surface area contributed by atoms with Gasteiger partial charge in [-0.2, -0.15) is 0 Å². The summed E-state index contributed by atoms with van der Waals surface area (Å²) in [6.07, 6.45) is 0.730. The van der Waals surface area contributed by atoms with E-state index < -0.39 is 0 Å². The molecule has 1 atom stereocenters. The minimum atomic E-state index is 0.276. The molecule has 5 nitrogen and oxygen atoms in total. The first-order valence-corrected chi connectivity index (χ1v) is 5.78. The number of anilines is 1. The highest BCUT2D eigenvalue weighted by Crippen LogP contribution is 2.22. The Labute approximate surface area is 98.9 Å². The zero-order chi connectivity index (χ0) is 11.7. The van der Waals surface area contributed by atoms with E-state index >= 15 is 0 Å². The van der Waals surface area contributed by atoms with E-state index in [2.05, 4.69) is 10.3 Å². The SMILES string of the molecule is Nc1cccc2nc(CC3COCCN3)oc12. The number of oxazole rings is 1. The molecule has 2 aromatic rings. The lowest BCUT2D eigenvalue weighted by Gasteiger charge is -2.22. The predicted molar refractivity (Wildman–Crippen MR) is 64.7 cm³/mol. The van der Waals surface area contributed by atoms with E-state index in [1.54, 1.807) is 0 Å². The van der Waals surface area contributed by atoms with Gasteiger partial charge in [-0.25, -0.2) is 4.98 Å². The van der Waals surface area contributed by atoms with E-state index in [0.717, 1.165) is 25.1 Å². The van der Waals surface area contributed by atoms with Gasteiger partial charge in [-0.15, -0.1) is 0 Å². The normalized spacial score (nSPS) is 20.8. The van der Waals surface area contributed by atoms with Crippen LogP contribution in [0.15, 0.2) is 22.6 Å². The molecule has 1 unspecified atom stereocenters. The molecule has 5 heteroatoms. The fourth-order valence-electron chi connectivity index (χ4n) is 2.07. The van der Waals surface area contributed by atoms with Crippen LogP contribution in [-0.4, -0.2) is 30.8 Å². The minimum absolute atomic E-state index is 0.276. The highest BCUT2D eigenvalue weighted by Gasteiger charge is 2.17. The van der Waals surface area contributed by atoms with E-state index in [1.165, 1.54) is 0 Å². The number of aromatic nitrogens is 1. The van der Waals surface area contributed by atoms with Crippen LogP contribution in [0.3, 0.4) is 0 Å². The van der Waals surface area contributed by atoms with E-state index in [0.29, 0.717) is 23.8 Å². The molecule has 0 spiro atoms. The lowest BCUT2D eigenvalue weighted by Crippen LogP contribution is -2.42. The van der Waals surface area contributed by atoms with Gasteiger partial charge in [0.2, 0.25) is 0 Å². The summed E-state index contributed by atoms with van der Waals surface area (Å²) in [5.74, 6) is 0.709. The maximum atomic E-state index is 5.83. The van der Waals surface area contributed by atoms with Gasteiger partial charge in [0.1, 0.15) is 5.52 Å². The molecule has 3 N–H and O–H groups in total. The number of morpholine rings is 1. The molecular formula is C12H15N3O2. The maximum absolute atomic E-state index is 5.83. The highest BCUT2D eigenvalue weighted by atomic mass is 16.5. The van der Waals surface area contributed by atoms with Crippen molar-refractivity contribution in [3.05, 3.63) is 24.1 Å². The Morgan fingerprint density at radius 2 is 2.41 bits per heavy atom. The van der Waals surface area contributed by atoms with Crippen molar-refractivity contribution < 1.29 is 9.15 Å². The standard InChI is InChI=1S/C12H15N3O2/c13-9-2-1-3-10-12(9)17-11(15-10)6-8-7-16-5-4-14-8/h1-3,8,14H,4-7,13H2. The molecule has 1 aromatic carbocycles. The fraction of sp³-hybridized carbons (Fsp3) is 0.417. The zero-order valence-electron chi connectivity index (χ0n) is 9.48. The van der Waals surface area contributed by atoms with Crippen LogP contribution in [0.2, 0.25) is 0 Å². The molecule has 90 valence electrons. The molecule has 1 fully saturated rings. The molecule has 0 radical (unpaired) electrons. The Morgan fingerprint density at radius 1 is 1.47 bits per heavy atom. The van der Waals surface area contributed by atoms with Crippen molar-refractivity contribution in [2.75, 3.05) is 25.5 Å². The smallest absolute Gasteiger partial charge is 0.197 e. The maximum Gasteiger partial charge on any atom is 0.197 e. The number of rotatable bonds is 2. The molecule has 1 aliphatic heterocycles. The molecule has 1 aromatic heterocycles. The van der Waals surface area contributed by atoms with Crippen LogP contribution in [0.5, 0.6) is 0 Å². The van der Waals surface area contributed by atoms with Crippen LogP contribution in [0, 0.1) is 0 Å². The average molecular weight is 233 g/mol. The third kappa shape index (κ3) is 2.11. The molecule has 0 bridgehead atoms. The highest BCUT2D eigenvalue weighted by molar-refractivity contribution is 5.84. The second-order valence-corrected chi connectivity index (χ2v) is 4.23. The number of para-hydroxylation sites is 1. The summed E-state index contributed by atoms with van der Waals surface area (Å²) < 4.78 is 11.1. The third-order valence-corrected chi connectivity index (χ3v) is 2.91. The quantitative estimate of drug-likeness (QED) is 0.755. The third-order valence-electron chi connectivity index (χ3n) is 2.91. The van der Waals surface area contributed by atoms with E-state index in [1.807, 2.05) is 18.2 Å². The first kappa shape index (κ1) is 10.6. The van der Waals surface area contributed by atoms with E-state index in [9.17, 15) is 0 Å². The van der Waals surface area contributed by atoms with Gasteiger partial charge in [-0.1, -0.05) is 6.07 Å². The van der Waals surface area contributed by atoms with Crippen LogP contribution < -0.4 is 11.1 Å². The van der Waals surface area contributed by atoms with E-state index in [4.69, 9.17) is 14.9 Å². The number of nitrogens with two attached hydrogens (primary N) is 1. The molecule has 3 rings (SSSR count). The van der Waals surface area contributed by atoms with Crippen LogP contribution in [0.4, 0.5) is 5.69 Å². The first-order chi connectivity index (χ1) is 8.33. The van der Waals surface area contributed by atoms with Crippen LogP contribution in [0.1, 0.15) is 5.89 Å². The van der Waals surface area contributed by atoms with Gasteiger partial charge in [0.15, 0.2) is 11.5 Å². The molecule has 0 aliphatic carbocycles.